The molecule has 0 saturated carbocycles. The van der Waals surface area contributed by atoms with Crippen molar-refractivity contribution < 1.29 is 14.3 Å². The van der Waals surface area contributed by atoms with Gasteiger partial charge in [-0.15, -0.1) is 11.8 Å². The topological polar surface area (TPSA) is 35.5 Å². The summed E-state index contributed by atoms with van der Waals surface area (Å²) in [7, 11) is 1.59. The average molecular weight is 254 g/mol. The minimum Gasteiger partial charge on any atom is -0.466 e. The highest BCUT2D eigenvalue weighted by Crippen LogP contribution is 2.33. The normalized spacial score (nSPS) is 12.2. The number of aryl methyl sites for hydroxylation is 1. The maximum absolute atomic E-state index is 10.6. The first-order valence-electron chi connectivity index (χ1n) is 5.48. The van der Waals surface area contributed by atoms with Crippen molar-refractivity contribution in [2.75, 3.05) is 19.7 Å². The van der Waals surface area contributed by atoms with E-state index in [1.54, 1.807) is 18.9 Å². The number of carbonyl (C=O) groups excluding carboxylic acids is 1. The van der Waals surface area contributed by atoms with Gasteiger partial charge in [0.25, 0.3) is 0 Å². The summed E-state index contributed by atoms with van der Waals surface area (Å²) in [5.74, 6) is 1.63. The minimum absolute atomic E-state index is 0.0508. The zero-order valence-electron chi connectivity index (χ0n) is 10.4. The van der Waals surface area contributed by atoms with Crippen molar-refractivity contribution in [1.82, 2.24) is 0 Å². The second-order valence-corrected chi connectivity index (χ2v) is 4.91. The lowest BCUT2D eigenvalue weighted by Crippen LogP contribution is -2.03. The summed E-state index contributed by atoms with van der Waals surface area (Å²) >= 11 is 1.64. The predicted octanol–water partition coefficient (Wildman–Crippen LogP) is 2.90. The van der Waals surface area contributed by atoms with Crippen LogP contribution in [0.5, 0.6) is 5.75 Å². The van der Waals surface area contributed by atoms with E-state index in [9.17, 15) is 4.79 Å². The van der Waals surface area contributed by atoms with Gasteiger partial charge in [0.15, 0.2) is 6.79 Å². The molecule has 0 aromatic heterocycles. The molecule has 0 radical (unpaired) electrons. The molecule has 0 bridgehead atoms. The molecule has 0 aliphatic rings. The number of hydrogen-bond donors (Lipinski definition) is 0. The van der Waals surface area contributed by atoms with E-state index in [4.69, 9.17) is 9.47 Å². The van der Waals surface area contributed by atoms with Crippen LogP contribution in [0.3, 0.4) is 0 Å². The molecular weight excluding hydrogens is 236 g/mol. The SMILES string of the molecule is COCOc1cccc(C)c1SCC(C)C=O. The summed E-state index contributed by atoms with van der Waals surface area (Å²) in [6.45, 7) is 4.18. The van der Waals surface area contributed by atoms with Crippen LogP contribution < -0.4 is 4.74 Å². The van der Waals surface area contributed by atoms with E-state index in [0.717, 1.165) is 28.2 Å². The molecule has 4 heteroatoms. The Morgan fingerprint density at radius 2 is 2.24 bits per heavy atom. The first-order chi connectivity index (χ1) is 8.19. The van der Waals surface area contributed by atoms with Crippen molar-refractivity contribution in [2.45, 2.75) is 18.7 Å². The lowest BCUT2D eigenvalue weighted by atomic mass is 10.2. The highest BCUT2D eigenvalue weighted by molar-refractivity contribution is 7.99. The van der Waals surface area contributed by atoms with Crippen molar-refractivity contribution in [2.24, 2.45) is 5.92 Å². The second-order valence-electron chi connectivity index (χ2n) is 3.88. The Hall–Kier alpha value is -1.00. The maximum Gasteiger partial charge on any atom is 0.188 e. The summed E-state index contributed by atoms with van der Waals surface area (Å²) in [4.78, 5) is 11.7. The first-order valence-corrected chi connectivity index (χ1v) is 6.47. The third-order valence-corrected chi connectivity index (χ3v) is 3.74. The molecule has 1 unspecified atom stereocenters. The molecule has 17 heavy (non-hydrogen) atoms. The molecular formula is C13H18O3S. The van der Waals surface area contributed by atoms with E-state index in [2.05, 4.69) is 0 Å². The Morgan fingerprint density at radius 1 is 1.47 bits per heavy atom. The van der Waals surface area contributed by atoms with Gasteiger partial charge in [0.05, 0.1) is 4.90 Å². The fourth-order valence-corrected chi connectivity index (χ4v) is 2.37. The van der Waals surface area contributed by atoms with Crippen LogP contribution in [0.25, 0.3) is 0 Å². The fraction of sp³-hybridized carbons (Fsp3) is 0.462. The third kappa shape index (κ3) is 4.40. The van der Waals surface area contributed by atoms with Crippen molar-refractivity contribution in [3.63, 3.8) is 0 Å². The molecule has 0 saturated heterocycles. The maximum atomic E-state index is 10.6. The monoisotopic (exact) mass is 254 g/mol. The highest BCUT2D eigenvalue weighted by atomic mass is 32.2. The molecule has 3 nitrogen and oxygen atoms in total. The van der Waals surface area contributed by atoms with Gasteiger partial charge in [-0.1, -0.05) is 19.1 Å². The van der Waals surface area contributed by atoms with Crippen molar-refractivity contribution in [3.05, 3.63) is 23.8 Å². The van der Waals surface area contributed by atoms with Crippen LogP contribution in [-0.2, 0) is 9.53 Å². The molecule has 0 aliphatic carbocycles. The second kappa shape index (κ2) is 7.35. The van der Waals surface area contributed by atoms with Crippen LogP contribution in [-0.4, -0.2) is 25.9 Å². The molecule has 0 amide bonds. The third-order valence-electron chi connectivity index (χ3n) is 2.23. The van der Waals surface area contributed by atoms with Gasteiger partial charge in [-0.25, -0.2) is 0 Å². The van der Waals surface area contributed by atoms with E-state index < -0.39 is 0 Å². The van der Waals surface area contributed by atoms with Crippen LogP contribution in [0.4, 0.5) is 0 Å². The quantitative estimate of drug-likeness (QED) is 0.426. The Morgan fingerprint density at radius 3 is 2.88 bits per heavy atom. The largest absolute Gasteiger partial charge is 0.466 e. The minimum atomic E-state index is 0.0508. The molecule has 0 N–H and O–H groups in total. The molecule has 94 valence electrons. The molecule has 1 rings (SSSR count). The van der Waals surface area contributed by atoms with Gasteiger partial charge >= 0.3 is 0 Å². The van der Waals surface area contributed by atoms with Crippen molar-refractivity contribution in [1.29, 1.82) is 0 Å². The number of thioether (sulfide) groups is 1. The lowest BCUT2D eigenvalue weighted by molar-refractivity contribution is -0.110. The van der Waals surface area contributed by atoms with Gasteiger partial charge in [0.2, 0.25) is 0 Å². The van der Waals surface area contributed by atoms with Crippen LogP contribution in [0.2, 0.25) is 0 Å². The Bertz CT molecular complexity index is 366. The van der Waals surface area contributed by atoms with Gasteiger partial charge < -0.3 is 14.3 Å². The Kier molecular flexibility index (Phi) is 6.08. The highest BCUT2D eigenvalue weighted by Gasteiger charge is 2.09. The zero-order chi connectivity index (χ0) is 12.7. The van der Waals surface area contributed by atoms with Crippen LogP contribution >= 0.6 is 11.8 Å². The molecule has 0 fully saturated rings. The summed E-state index contributed by atoms with van der Waals surface area (Å²) in [5.41, 5.74) is 1.15. The number of carbonyl (C=O) groups is 1. The van der Waals surface area contributed by atoms with Gasteiger partial charge in [-0.3, -0.25) is 0 Å². The fourth-order valence-electron chi connectivity index (χ4n) is 1.30. The van der Waals surface area contributed by atoms with E-state index in [0.29, 0.717) is 0 Å². The summed E-state index contributed by atoms with van der Waals surface area (Å²) in [6.07, 6.45) is 0.973. The van der Waals surface area contributed by atoms with Crippen molar-refractivity contribution in [3.8, 4) is 5.75 Å². The van der Waals surface area contributed by atoms with Crippen LogP contribution in [0.1, 0.15) is 12.5 Å². The summed E-state index contributed by atoms with van der Waals surface area (Å²) in [5, 5.41) is 0. The predicted molar refractivity (Wildman–Crippen MR) is 69.6 cm³/mol. The molecule has 1 atom stereocenters. The number of methoxy groups -OCH3 is 1. The summed E-state index contributed by atoms with van der Waals surface area (Å²) < 4.78 is 10.4. The number of hydrogen-bond acceptors (Lipinski definition) is 4. The molecule has 1 aromatic rings. The van der Waals surface area contributed by atoms with Gasteiger partial charge in [0.1, 0.15) is 12.0 Å². The van der Waals surface area contributed by atoms with Gasteiger partial charge in [-0.05, 0) is 18.6 Å². The van der Waals surface area contributed by atoms with E-state index in [1.165, 1.54) is 0 Å². The number of ether oxygens (including phenoxy) is 2. The number of aldehydes is 1. The summed E-state index contributed by atoms with van der Waals surface area (Å²) in [6, 6.07) is 5.90. The molecule has 1 aromatic carbocycles. The number of benzene rings is 1. The number of rotatable bonds is 7. The lowest BCUT2D eigenvalue weighted by Gasteiger charge is -2.13. The first kappa shape index (κ1) is 14.1. The molecule has 0 heterocycles. The standard InChI is InChI=1S/C13H18O3S/c1-10(7-14)8-17-13-11(2)5-4-6-12(13)16-9-15-3/h4-7,10H,8-9H2,1-3H3. The van der Waals surface area contributed by atoms with Crippen LogP contribution in [0.15, 0.2) is 23.1 Å². The van der Waals surface area contributed by atoms with Gasteiger partial charge in [-0.2, -0.15) is 0 Å². The molecule has 0 aliphatic heterocycles. The van der Waals surface area contributed by atoms with Crippen molar-refractivity contribution >= 4 is 18.0 Å². The molecule has 0 spiro atoms. The van der Waals surface area contributed by atoms with E-state index in [1.807, 2.05) is 32.0 Å². The zero-order valence-corrected chi connectivity index (χ0v) is 11.3. The Balaban J connectivity index is 2.76. The van der Waals surface area contributed by atoms with E-state index >= 15 is 0 Å². The van der Waals surface area contributed by atoms with Crippen LogP contribution in [0, 0.1) is 12.8 Å². The van der Waals surface area contributed by atoms with E-state index in [-0.39, 0.29) is 12.7 Å². The Labute approximate surface area is 106 Å². The smallest absolute Gasteiger partial charge is 0.188 e. The van der Waals surface area contributed by atoms with Gasteiger partial charge in [0, 0.05) is 18.8 Å². The average Bonchev–Trinajstić information content (AvgIpc) is 2.34.